The molecule has 10 heteroatoms. The van der Waals surface area contributed by atoms with Crippen LogP contribution in [0.1, 0.15) is 35.6 Å². The lowest BCUT2D eigenvalue weighted by Crippen LogP contribution is -2.29. The van der Waals surface area contributed by atoms with Crippen LogP contribution in [0, 0.1) is 6.92 Å². The maximum atomic E-state index is 13.2. The van der Waals surface area contributed by atoms with Crippen LogP contribution < -0.4 is 5.73 Å². The highest BCUT2D eigenvalue weighted by molar-refractivity contribution is 5.63. The molecule has 0 aliphatic carbocycles. The second kappa shape index (κ2) is 6.56. The molecule has 2 aliphatic rings. The van der Waals surface area contributed by atoms with Gasteiger partial charge in [0.25, 0.3) is 0 Å². The lowest BCUT2D eigenvalue weighted by Gasteiger charge is -2.23. The number of anilines is 1. The van der Waals surface area contributed by atoms with E-state index in [-0.39, 0.29) is 5.41 Å². The molecule has 0 bridgehead atoms. The molecule has 1 atom stereocenters. The van der Waals surface area contributed by atoms with Crippen molar-refractivity contribution in [3.05, 3.63) is 47.3 Å². The van der Waals surface area contributed by atoms with Crippen molar-refractivity contribution in [3.8, 4) is 11.3 Å². The van der Waals surface area contributed by atoms with Crippen LogP contribution in [0.4, 0.5) is 19.0 Å². The number of aromatic amines is 1. The number of nitrogen functional groups attached to an aromatic ring is 1. The number of imidazole rings is 1. The molecule has 0 saturated carbocycles. The van der Waals surface area contributed by atoms with Gasteiger partial charge in [-0.1, -0.05) is 0 Å². The number of pyridine rings is 1. The molecule has 5 heterocycles. The Kier molecular flexibility index (Phi) is 4.18. The topological polar surface area (TPSA) is 88.7 Å². The van der Waals surface area contributed by atoms with Gasteiger partial charge in [0.2, 0.25) is 0 Å². The van der Waals surface area contributed by atoms with Crippen LogP contribution in [0.5, 0.6) is 0 Å². The quantitative estimate of drug-likeness (QED) is 0.684. The number of aromatic nitrogens is 5. The molecule has 2 aliphatic heterocycles. The summed E-state index contributed by atoms with van der Waals surface area (Å²) in [6, 6.07) is 2.95. The number of likely N-dealkylation sites (tertiary alicyclic amines) is 1. The molecule has 30 heavy (non-hydrogen) atoms. The first-order valence-corrected chi connectivity index (χ1v) is 9.88. The molecule has 1 spiro atoms. The summed E-state index contributed by atoms with van der Waals surface area (Å²) < 4.78 is 41.6. The van der Waals surface area contributed by atoms with E-state index in [1.54, 1.807) is 0 Å². The van der Waals surface area contributed by atoms with Crippen LogP contribution in [-0.4, -0.2) is 42.7 Å². The zero-order valence-electron chi connectivity index (χ0n) is 16.5. The van der Waals surface area contributed by atoms with Crippen molar-refractivity contribution < 1.29 is 13.2 Å². The van der Waals surface area contributed by atoms with E-state index >= 15 is 0 Å². The lowest BCUT2D eigenvalue weighted by atomic mass is 9.82. The largest absolute Gasteiger partial charge is 0.419 e. The van der Waals surface area contributed by atoms with Gasteiger partial charge in [-0.25, -0.2) is 9.97 Å². The van der Waals surface area contributed by atoms with Crippen molar-refractivity contribution in [2.24, 2.45) is 0 Å². The van der Waals surface area contributed by atoms with E-state index in [0.717, 1.165) is 62.3 Å². The summed E-state index contributed by atoms with van der Waals surface area (Å²) in [4.78, 5) is 13.8. The monoisotopic (exact) mass is 417 g/mol. The molecule has 1 fully saturated rings. The van der Waals surface area contributed by atoms with Crippen molar-refractivity contribution in [1.29, 1.82) is 0 Å². The second-order valence-corrected chi connectivity index (χ2v) is 8.30. The Hall–Kier alpha value is -2.88. The van der Waals surface area contributed by atoms with Crippen LogP contribution >= 0.6 is 0 Å². The predicted molar refractivity (Wildman–Crippen MR) is 104 cm³/mol. The number of aryl methyl sites for hydroxylation is 2. The van der Waals surface area contributed by atoms with Gasteiger partial charge < -0.3 is 10.7 Å². The maximum absolute atomic E-state index is 13.2. The summed E-state index contributed by atoms with van der Waals surface area (Å²) in [6.45, 7) is 5.33. The van der Waals surface area contributed by atoms with Crippen molar-refractivity contribution in [2.75, 3.05) is 18.8 Å². The Morgan fingerprint density at radius 1 is 1.17 bits per heavy atom. The highest BCUT2D eigenvalue weighted by atomic mass is 19.4. The van der Waals surface area contributed by atoms with Gasteiger partial charge >= 0.3 is 6.18 Å². The van der Waals surface area contributed by atoms with Crippen LogP contribution in [0.25, 0.3) is 11.3 Å². The third-order valence-electron chi connectivity index (χ3n) is 6.21. The van der Waals surface area contributed by atoms with Crippen molar-refractivity contribution in [1.82, 2.24) is 29.6 Å². The molecule has 3 N–H and O–H groups in total. The van der Waals surface area contributed by atoms with Gasteiger partial charge in [-0.15, -0.1) is 0 Å². The molecule has 158 valence electrons. The fourth-order valence-electron chi connectivity index (χ4n) is 4.71. The van der Waals surface area contributed by atoms with Gasteiger partial charge in [0.05, 0.1) is 17.8 Å². The molecule has 1 saturated heterocycles. The number of rotatable bonds is 3. The average molecular weight is 417 g/mol. The summed E-state index contributed by atoms with van der Waals surface area (Å²) in [6.07, 6.45) is 0.610. The minimum atomic E-state index is -4.55. The third-order valence-corrected chi connectivity index (χ3v) is 6.21. The molecule has 7 nitrogen and oxygen atoms in total. The summed E-state index contributed by atoms with van der Waals surface area (Å²) in [5, 5.41) is 4.58. The van der Waals surface area contributed by atoms with Gasteiger partial charge in [-0.05, 0) is 38.4 Å². The van der Waals surface area contributed by atoms with E-state index in [1.807, 2.05) is 23.9 Å². The first-order valence-electron chi connectivity index (χ1n) is 9.88. The predicted octanol–water partition coefficient (Wildman–Crippen LogP) is 3.13. The number of H-pyrrole nitrogens is 1. The number of halogens is 3. The summed E-state index contributed by atoms with van der Waals surface area (Å²) in [7, 11) is 0. The summed E-state index contributed by atoms with van der Waals surface area (Å²) in [5.41, 5.74) is 7.43. The maximum Gasteiger partial charge on any atom is 0.419 e. The van der Waals surface area contributed by atoms with Crippen LogP contribution in [-0.2, 0) is 24.7 Å². The Bertz CT molecular complexity index is 1100. The fraction of sp³-hybridized carbons (Fsp3) is 0.450. The van der Waals surface area contributed by atoms with Gasteiger partial charge in [0, 0.05) is 47.8 Å². The Labute approximate surface area is 171 Å². The molecule has 0 amide bonds. The van der Waals surface area contributed by atoms with Crippen molar-refractivity contribution in [3.63, 3.8) is 0 Å². The highest BCUT2D eigenvalue weighted by Crippen LogP contribution is 2.44. The lowest BCUT2D eigenvalue weighted by molar-refractivity contribution is -0.137. The van der Waals surface area contributed by atoms with E-state index in [1.165, 1.54) is 6.20 Å². The van der Waals surface area contributed by atoms with Crippen LogP contribution in [0.2, 0.25) is 0 Å². The van der Waals surface area contributed by atoms with E-state index in [9.17, 15) is 13.2 Å². The van der Waals surface area contributed by atoms with Gasteiger partial charge in [0.1, 0.15) is 11.6 Å². The van der Waals surface area contributed by atoms with E-state index in [0.29, 0.717) is 11.3 Å². The van der Waals surface area contributed by atoms with Gasteiger partial charge in [-0.2, -0.15) is 18.3 Å². The van der Waals surface area contributed by atoms with Gasteiger partial charge in [0.15, 0.2) is 0 Å². The number of hydrogen-bond acceptors (Lipinski definition) is 5. The number of nitrogens with zero attached hydrogens (tertiary/aromatic N) is 5. The Morgan fingerprint density at radius 3 is 2.70 bits per heavy atom. The van der Waals surface area contributed by atoms with Crippen LogP contribution in [0.3, 0.4) is 0 Å². The van der Waals surface area contributed by atoms with E-state index < -0.39 is 17.6 Å². The van der Waals surface area contributed by atoms with E-state index in [4.69, 9.17) is 5.73 Å². The number of alkyl halides is 3. The second-order valence-electron chi connectivity index (χ2n) is 8.30. The molecular weight excluding hydrogens is 395 g/mol. The smallest absolute Gasteiger partial charge is 0.383 e. The van der Waals surface area contributed by atoms with Gasteiger partial charge in [-0.3, -0.25) is 9.58 Å². The minimum Gasteiger partial charge on any atom is -0.383 e. The number of nitrogens with one attached hydrogen (secondary N) is 1. The highest BCUT2D eigenvalue weighted by Gasteiger charge is 2.45. The third kappa shape index (κ3) is 3.15. The van der Waals surface area contributed by atoms with E-state index in [2.05, 4.69) is 25.0 Å². The molecule has 3 aromatic heterocycles. The number of fused-ring (bicyclic) bond motifs is 2. The average Bonchev–Trinajstić information content (AvgIpc) is 3.43. The summed E-state index contributed by atoms with van der Waals surface area (Å²) in [5.74, 6) is 0.429. The first-order chi connectivity index (χ1) is 14.2. The zero-order valence-corrected chi connectivity index (χ0v) is 16.5. The standard InChI is InChI=1S/C20H22F3N7/c1-12-8-25-17(27-12)10-29-4-2-19(11-29)3-5-30-16(19)7-15(28-30)13-6-14(20(21,22)23)18(24)26-9-13/h6-9H,2-5,10-11H2,1H3,(H2,24,26)(H,25,27). The Morgan fingerprint density at radius 2 is 1.97 bits per heavy atom. The van der Waals surface area contributed by atoms with Crippen LogP contribution in [0.15, 0.2) is 24.5 Å². The normalized spacial score (nSPS) is 21.6. The molecule has 5 rings (SSSR count). The SMILES string of the molecule is Cc1cnc(CN2CCC3(CCn4nc(-c5cnc(N)c(C(F)(F)F)c5)cc43)C2)[nH]1. The van der Waals surface area contributed by atoms with Crippen molar-refractivity contribution >= 4 is 5.82 Å². The zero-order chi connectivity index (χ0) is 21.1. The molecule has 0 aromatic carbocycles. The molecule has 3 aromatic rings. The minimum absolute atomic E-state index is 0.0268. The summed E-state index contributed by atoms with van der Waals surface area (Å²) >= 11 is 0. The molecular formula is C20H22F3N7. The fourth-order valence-corrected chi connectivity index (χ4v) is 4.71. The molecule has 1 unspecified atom stereocenters. The number of hydrogen-bond donors (Lipinski definition) is 2. The number of nitrogens with two attached hydrogens (primary N) is 1. The van der Waals surface area contributed by atoms with Crippen molar-refractivity contribution in [2.45, 2.75) is 44.4 Å². The first kappa shape index (κ1) is 19.1. The molecule has 0 radical (unpaired) electrons. The Balaban J connectivity index is 1.41.